The summed E-state index contributed by atoms with van der Waals surface area (Å²) in [4.78, 5) is 14.7. The molecule has 1 heterocycles. The zero-order valence-corrected chi connectivity index (χ0v) is 18.4. The lowest BCUT2D eigenvalue weighted by molar-refractivity contribution is -0.126. The van der Waals surface area contributed by atoms with Crippen LogP contribution in [0.2, 0.25) is 5.02 Å². The largest absolute Gasteiger partial charge is 0.503 e. The molecule has 8 heteroatoms. The van der Waals surface area contributed by atoms with Gasteiger partial charge in [0.05, 0.1) is 17.8 Å². The number of benzene rings is 2. The number of hydrazone groups is 1. The Morgan fingerprint density at radius 3 is 2.69 bits per heavy atom. The maximum atomic E-state index is 12.4. The van der Waals surface area contributed by atoms with E-state index < -0.39 is 0 Å². The fraction of sp³-hybridized carbons (Fsp3) is 0.333. The second-order valence-electron chi connectivity index (χ2n) is 6.96. The third-order valence-corrected chi connectivity index (χ3v) is 5.79. The van der Waals surface area contributed by atoms with Crippen molar-refractivity contribution in [2.45, 2.75) is 19.4 Å². The summed E-state index contributed by atoms with van der Waals surface area (Å²) in [7, 11) is 1.48. The molecule has 0 saturated carbocycles. The summed E-state index contributed by atoms with van der Waals surface area (Å²) >= 11 is 9.19. The van der Waals surface area contributed by atoms with Gasteiger partial charge in [0.15, 0.2) is 11.5 Å². The van der Waals surface area contributed by atoms with Gasteiger partial charge >= 0.3 is 0 Å². The highest BCUT2D eigenvalue weighted by atomic mass is 79.9. The van der Waals surface area contributed by atoms with Gasteiger partial charge in [0.25, 0.3) is 0 Å². The monoisotopic (exact) mass is 479 g/mol. The van der Waals surface area contributed by atoms with Crippen LogP contribution in [0.4, 0.5) is 0 Å². The molecule has 0 spiro atoms. The fourth-order valence-electron chi connectivity index (χ4n) is 3.29. The molecule has 1 fully saturated rings. The predicted octanol–water partition coefficient (Wildman–Crippen LogP) is 4.18. The van der Waals surface area contributed by atoms with Crippen LogP contribution in [0.15, 0.2) is 46.0 Å². The van der Waals surface area contributed by atoms with E-state index in [2.05, 4.69) is 31.4 Å². The van der Waals surface area contributed by atoms with Crippen molar-refractivity contribution in [2.75, 3.05) is 20.2 Å². The summed E-state index contributed by atoms with van der Waals surface area (Å²) < 4.78 is 5.61. The van der Waals surface area contributed by atoms with Gasteiger partial charge in [-0.05, 0) is 77.3 Å². The summed E-state index contributed by atoms with van der Waals surface area (Å²) in [6.07, 6.45) is 3.13. The average Bonchev–Trinajstić information content (AvgIpc) is 2.72. The number of methoxy groups -OCH3 is 1. The van der Waals surface area contributed by atoms with E-state index in [1.54, 1.807) is 12.1 Å². The summed E-state index contributed by atoms with van der Waals surface area (Å²) in [6.45, 7) is 2.60. The van der Waals surface area contributed by atoms with Crippen molar-refractivity contribution in [1.82, 2.24) is 10.3 Å². The second kappa shape index (κ2) is 10.1. The number of hydrogen-bond acceptors (Lipinski definition) is 5. The lowest BCUT2D eigenvalue weighted by Crippen LogP contribution is -2.39. The van der Waals surface area contributed by atoms with E-state index in [1.165, 1.54) is 18.9 Å². The molecule has 1 amide bonds. The maximum Gasteiger partial charge on any atom is 0.243 e. The number of piperidine rings is 1. The molecule has 1 aliphatic heterocycles. The first-order valence-corrected chi connectivity index (χ1v) is 10.5. The smallest absolute Gasteiger partial charge is 0.243 e. The van der Waals surface area contributed by atoms with Gasteiger partial charge in [0.1, 0.15) is 0 Å². The van der Waals surface area contributed by atoms with Crippen molar-refractivity contribution in [1.29, 1.82) is 0 Å². The van der Waals surface area contributed by atoms with Gasteiger partial charge in [0.2, 0.25) is 5.91 Å². The number of phenolic OH excluding ortho intramolecular Hbond substituents is 1. The minimum Gasteiger partial charge on any atom is -0.503 e. The summed E-state index contributed by atoms with van der Waals surface area (Å²) in [6, 6.07) is 11.2. The van der Waals surface area contributed by atoms with E-state index in [0.29, 0.717) is 15.8 Å². The van der Waals surface area contributed by atoms with Gasteiger partial charge < -0.3 is 9.84 Å². The van der Waals surface area contributed by atoms with Gasteiger partial charge in [0, 0.05) is 17.5 Å². The number of phenols is 1. The van der Waals surface area contributed by atoms with Gasteiger partial charge in [-0.15, -0.1) is 0 Å². The molecule has 0 aliphatic carbocycles. The van der Waals surface area contributed by atoms with Gasteiger partial charge in [-0.3, -0.25) is 9.69 Å². The molecule has 0 atom stereocenters. The molecule has 6 nitrogen and oxygen atoms in total. The Hall–Kier alpha value is -2.09. The van der Waals surface area contributed by atoms with Crippen LogP contribution in [0.25, 0.3) is 0 Å². The first-order chi connectivity index (χ1) is 14.0. The molecule has 2 aromatic rings. The van der Waals surface area contributed by atoms with Crippen molar-refractivity contribution in [2.24, 2.45) is 11.0 Å². The van der Waals surface area contributed by atoms with Crippen LogP contribution in [-0.2, 0) is 11.3 Å². The minimum atomic E-state index is -0.0720. The number of carbonyl (C=O) groups is 1. The summed E-state index contributed by atoms with van der Waals surface area (Å²) in [5, 5.41) is 14.6. The van der Waals surface area contributed by atoms with Crippen LogP contribution < -0.4 is 10.2 Å². The minimum absolute atomic E-state index is 0.0269. The van der Waals surface area contributed by atoms with Gasteiger partial charge in [-0.2, -0.15) is 5.10 Å². The van der Waals surface area contributed by atoms with Crippen molar-refractivity contribution in [3.8, 4) is 11.5 Å². The van der Waals surface area contributed by atoms with E-state index in [1.807, 2.05) is 24.3 Å². The molecular formula is C21H23BrClN3O3. The van der Waals surface area contributed by atoms with E-state index in [9.17, 15) is 9.90 Å². The van der Waals surface area contributed by atoms with Crippen LogP contribution in [0.3, 0.4) is 0 Å². The molecule has 0 bridgehead atoms. The van der Waals surface area contributed by atoms with E-state index in [0.717, 1.165) is 37.5 Å². The quantitative estimate of drug-likeness (QED) is 0.480. The number of hydrogen-bond donors (Lipinski definition) is 2. The second-order valence-corrected chi connectivity index (χ2v) is 8.26. The molecular weight excluding hydrogens is 458 g/mol. The molecule has 2 aromatic carbocycles. The lowest BCUT2D eigenvalue weighted by atomic mass is 9.96. The summed E-state index contributed by atoms with van der Waals surface area (Å²) in [5.74, 6) is 0.242. The topological polar surface area (TPSA) is 74.2 Å². The Kier molecular flexibility index (Phi) is 7.52. The Morgan fingerprint density at radius 1 is 1.34 bits per heavy atom. The number of carbonyl (C=O) groups excluding carboxylic acids is 1. The standard InChI is InChI=1S/C21H23BrClN3O3/c1-29-19-11-15(10-18(22)20(19)27)12-24-25-21(28)16-6-8-26(9-7-16)13-14-2-4-17(23)5-3-14/h2-5,10-12,16,27H,6-9,13H2,1H3,(H,25,28)/b24-12+. The maximum absolute atomic E-state index is 12.4. The number of ether oxygens (including phenoxy) is 1. The number of nitrogens with one attached hydrogen (secondary N) is 1. The van der Waals surface area contributed by atoms with Gasteiger partial charge in [-0.25, -0.2) is 5.43 Å². The number of amides is 1. The number of halogens is 2. The van der Waals surface area contributed by atoms with Gasteiger partial charge in [-0.1, -0.05) is 23.7 Å². The molecule has 29 heavy (non-hydrogen) atoms. The molecule has 3 rings (SSSR count). The zero-order valence-electron chi connectivity index (χ0n) is 16.1. The average molecular weight is 481 g/mol. The lowest BCUT2D eigenvalue weighted by Gasteiger charge is -2.30. The van der Waals surface area contributed by atoms with E-state index in [-0.39, 0.29) is 17.6 Å². The molecule has 154 valence electrons. The number of nitrogens with zero attached hydrogens (tertiary/aromatic N) is 2. The normalized spacial score (nSPS) is 15.6. The molecule has 2 N–H and O–H groups in total. The summed E-state index contributed by atoms with van der Waals surface area (Å²) in [5.41, 5.74) is 4.54. The van der Waals surface area contributed by atoms with E-state index >= 15 is 0 Å². The van der Waals surface area contributed by atoms with Crippen LogP contribution >= 0.6 is 27.5 Å². The van der Waals surface area contributed by atoms with Crippen LogP contribution in [0.5, 0.6) is 11.5 Å². The van der Waals surface area contributed by atoms with Crippen LogP contribution in [0.1, 0.15) is 24.0 Å². The first-order valence-electron chi connectivity index (χ1n) is 9.32. The highest BCUT2D eigenvalue weighted by Crippen LogP contribution is 2.34. The number of aromatic hydroxyl groups is 1. The first kappa shape index (κ1) is 21.6. The SMILES string of the molecule is COc1cc(/C=N/NC(=O)C2CCN(Cc3ccc(Cl)cc3)CC2)cc(Br)c1O. The number of rotatable bonds is 6. The Bertz CT molecular complexity index is 881. The van der Waals surface area contributed by atoms with Crippen LogP contribution in [0, 0.1) is 5.92 Å². The zero-order chi connectivity index (χ0) is 20.8. The third kappa shape index (κ3) is 5.95. The fourth-order valence-corrected chi connectivity index (χ4v) is 3.87. The number of likely N-dealkylation sites (tertiary alicyclic amines) is 1. The Balaban J connectivity index is 1.48. The Morgan fingerprint density at radius 2 is 2.03 bits per heavy atom. The predicted molar refractivity (Wildman–Crippen MR) is 118 cm³/mol. The molecule has 0 radical (unpaired) electrons. The van der Waals surface area contributed by atoms with Crippen molar-refractivity contribution >= 4 is 39.7 Å². The molecule has 1 saturated heterocycles. The Labute approximate surface area is 183 Å². The highest BCUT2D eigenvalue weighted by Gasteiger charge is 2.24. The van der Waals surface area contributed by atoms with Crippen molar-refractivity contribution in [3.05, 3.63) is 57.0 Å². The van der Waals surface area contributed by atoms with Crippen molar-refractivity contribution < 1.29 is 14.6 Å². The van der Waals surface area contributed by atoms with E-state index in [4.69, 9.17) is 16.3 Å². The molecule has 0 unspecified atom stereocenters. The highest BCUT2D eigenvalue weighted by molar-refractivity contribution is 9.10. The third-order valence-electron chi connectivity index (χ3n) is 4.94. The van der Waals surface area contributed by atoms with Crippen LogP contribution in [-0.4, -0.2) is 42.3 Å². The molecule has 0 aromatic heterocycles. The molecule has 1 aliphatic rings. The van der Waals surface area contributed by atoms with Crippen molar-refractivity contribution in [3.63, 3.8) is 0 Å².